The van der Waals surface area contributed by atoms with E-state index in [1.165, 1.54) is 13.3 Å². The molecule has 0 bridgehead atoms. The molecule has 4 atom stereocenters. The predicted octanol–water partition coefficient (Wildman–Crippen LogP) is 0.293. The van der Waals surface area contributed by atoms with Gasteiger partial charge in [0, 0.05) is 31.5 Å². The van der Waals surface area contributed by atoms with Gasteiger partial charge in [-0.3, -0.25) is 13.8 Å². The Labute approximate surface area is 147 Å². The van der Waals surface area contributed by atoms with E-state index in [-0.39, 0.29) is 19.6 Å². The predicted molar refractivity (Wildman–Crippen MR) is 90.2 cm³/mol. The van der Waals surface area contributed by atoms with Gasteiger partial charge in [-0.25, -0.2) is 4.57 Å². The first-order valence-corrected chi connectivity index (χ1v) is 9.38. The summed E-state index contributed by atoms with van der Waals surface area (Å²) in [4.78, 5) is 10.7. The molecule has 1 rings (SSSR count). The lowest BCUT2D eigenvalue weighted by atomic mass is 10.1. The molecule has 0 spiro atoms. The van der Waals surface area contributed by atoms with Crippen LogP contribution in [0.4, 0.5) is 0 Å². The van der Waals surface area contributed by atoms with Gasteiger partial charge in [0.25, 0.3) is 0 Å². The number of methoxy groups -OCH3 is 1. The molecule has 1 aliphatic heterocycles. The van der Waals surface area contributed by atoms with Crippen molar-refractivity contribution in [1.82, 2.24) is 5.32 Å². The third-order valence-electron chi connectivity index (χ3n) is 3.23. The van der Waals surface area contributed by atoms with Crippen molar-refractivity contribution in [1.29, 1.82) is 0 Å². The molecule has 2 unspecified atom stereocenters. The summed E-state index contributed by atoms with van der Waals surface area (Å²) in [5.41, 5.74) is 7.48. The minimum absolute atomic E-state index is 0.100. The zero-order valence-corrected chi connectivity index (χ0v) is 15.4. The number of hydrogen-bond donors (Lipinski definition) is 3. The number of amides is 1. The highest BCUT2D eigenvalue weighted by atomic mass is 31.2. The van der Waals surface area contributed by atoms with Crippen LogP contribution in [-0.4, -0.2) is 55.9 Å². The van der Waals surface area contributed by atoms with Crippen molar-refractivity contribution in [3.8, 4) is 11.6 Å². The van der Waals surface area contributed by atoms with Crippen molar-refractivity contribution in [2.24, 2.45) is 5.73 Å². The lowest BCUT2D eigenvalue weighted by Crippen LogP contribution is -2.40. The Morgan fingerprint density at radius 3 is 2.56 bits per heavy atom. The summed E-state index contributed by atoms with van der Waals surface area (Å²) in [7, 11) is -2.04. The minimum atomic E-state index is -3.47. The Hall–Kier alpha value is -1.40. The van der Waals surface area contributed by atoms with Crippen molar-refractivity contribution in [3.05, 3.63) is 12.3 Å². The largest absolute Gasteiger partial charge is 0.405 e. The van der Waals surface area contributed by atoms with Crippen LogP contribution in [0.1, 0.15) is 20.3 Å². The second kappa shape index (κ2) is 10.6. The number of ether oxygens (including phenoxy) is 2. The fraction of sp³-hybridized carbons (Fsp3) is 0.667. The normalized spacial score (nSPS) is 26.4. The standard InChI is InChI=1S/C15H25N2O7P/c1-4-22-25(20,23-5-2)10-6-7-11-13(19)14(21-3)15(24-11)17-9-8-12(16)18/h8-9,11,13-15,17,19H,4-5,7H2,1-3H3,(H2,16,18)/b9-8-/t11-,13?,14?,15-/m1/s1. The van der Waals surface area contributed by atoms with Crippen LogP contribution in [0.15, 0.2) is 12.3 Å². The summed E-state index contributed by atoms with van der Waals surface area (Å²) in [5, 5.41) is 13.0. The third-order valence-corrected chi connectivity index (χ3v) is 4.86. The van der Waals surface area contributed by atoms with E-state index in [9.17, 15) is 14.5 Å². The summed E-state index contributed by atoms with van der Waals surface area (Å²) in [6.45, 7) is 3.80. The van der Waals surface area contributed by atoms with Gasteiger partial charge < -0.3 is 25.6 Å². The molecule has 1 aliphatic rings. The summed E-state index contributed by atoms with van der Waals surface area (Å²) in [5.74, 6) is 2.06. The van der Waals surface area contributed by atoms with Crippen molar-refractivity contribution in [2.75, 3.05) is 20.3 Å². The van der Waals surface area contributed by atoms with Gasteiger partial charge in [-0.05, 0) is 13.8 Å². The monoisotopic (exact) mass is 376 g/mol. The topological polar surface area (TPSA) is 129 Å². The molecule has 1 saturated heterocycles. The maximum Gasteiger partial charge on any atom is 0.405 e. The number of nitrogens with one attached hydrogen (secondary N) is 1. The maximum absolute atomic E-state index is 12.2. The van der Waals surface area contributed by atoms with Gasteiger partial charge in [0.1, 0.15) is 12.2 Å². The lowest BCUT2D eigenvalue weighted by Gasteiger charge is -2.18. The van der Waals surface area contributed by atoms with Gasteiger partial charge in [-0.15, -0.1) is 0 Å². The van der Waals surface area contributed by atoms with Gasteiger partial charge in [0.15, 0.2) is 6.23 Å². The molecule has 0 aromatic rings. The molecule has 0 saturated carbocycles. The molecular formula is C15H25N2O7P. The summed E-state index contributed by atoms with van der Waals surface area (Å²) < 4.78 is 33.2. The number of aliphatic hydroxyl groups is 1. The van der Waals surface area contributed by atoms with Crippen LogP contribution in [0, 0.1) is 11.6 Å². The molecule has 0 aromatic heterocycles. The van der Waals surface area contributed by atoms with E-state index in [4.69, 9.17) is 24.3 Å². The quantitative estimate of drug-likeness (QED) is 0.298. The number of primary amides is 1. The minimum Gasteiger partial charge on any atom is -0.387 e. The van der Waals surface area contributed by atoms with Gasteiger partial charge in [0.2, 0.25) is 5.91 Å². The first-order chi connectivity index (χ1) is 11.9. The molecule has 0 radical (unpaired) electrons. The van der Waals surface area contributed by atoms with E-state index in [2.05, 4.69) is 16.9 Å². The molecule has 10 heteroatoms. The second-order valence-corrected chi connectivity index (χ2v) is 6.75. The average molecular weight is 376 g/mol. The van der Waals surface area contributed by atoms with E-state index < -0.39 is 38.0 Å². The number of rotatable bonds is 9. The highest BCUT2D eigenvalue weighted by Gasteiger charge is 2.43. The highest BCUT2D eigenvalue weighted by molar-refractivity contribution is 7.59. The van der Waals surface area contributed by atoms with E-state index >= 15 is 0 Å². The van der Waals surface area contributed by atoms with Crippen LogP contribution in [0.2, 0.25) is 0 Å². The van der Waals surface area contributed by atoms with Crippen LogP contribution in [0.3, 0.4) is 0 Å². The summed E-state index contributed by atoms with van der Waals surface area (Å²) >= 11 is 0. The fourth-order valence-electron chi connectivity index (χ4n) is 2.21. The van der Waals surface area contributed by atoms with E-state index in [1.54, 1.807) is 13.8 Å². The number of hydrogen-bond acceptors (Lipinski definition) is 8. The Morgan fingerprint density at radius 2 is 2.04 bits per heavy atom. The maximum atomic E-state index is 12.2. The van der Waals surface area contributed by atoms with E-state index in [0.717, 1.165) is 6.08 Å². The van der Waals surface area contributed by atoms with Crippen molar-refractivity contribution in [2.45, 2.75) is 44.8 Å². The molecule has 1 fully saturated rings. The van der Waals surface area contributed by atoms with Crippen LogP contribution >= 0.6 is 7.60 Å². The van der Waals surface area contributed by atoms with Gasteiger partial charge >= 0.3 is 7.60 Å². The smallest absolute Gasteiger partial charge is 0.387 e. The average Bonchev–Trinajstić information content (AvgIpc) is 2.83. The zero-order valence-electron chi connectivity index (χ0n) is 14.5. The summed E-state index contributed by atoms with van der Waals surface area (Å²) in [6.07, 6.45) is -0.453. The highest BCUT2D eigenvalue weighted by Crippen LogP contribution is 2.46. The molecule has 0 aromatic carbocycles. The molecule has 4 N–H and O–H groups in total. The van der Waals surface area contributed by atoms with Crippen LogP contribution in [0.5, 0.6) is 0 Å². The Balaban J connectivity index is 2.72. The van der Waals surface area contributed by atoms with E-state index in [0.29, 0.717) is 0 Å². The molecule has 9 nitrogen and oxygen atoms in total. The SMILES string of the molecule is CCOP(=O)(C#CC[C@H]1O[C@@H](N/C=C\C(N)=O)C(OC)C1O)OCC. The molecule has 142 valence electrons. The first kappa shape index (κ1) is 21.6. The number of aliphatic hydroxyl groups excluding tert-OH is 1. The van der Waals surface area contributed by atoms with Gasteiger partial charge in [0.05, 0.1) is 19.3 Å². The van der Waals surface area contributed by atoms with Crippen molar-refractivity contribution >= 4 is 13.5 Å². The van der Waals surface area contributed by atoms with E-state index in [1.807, 2.05) is 0 Å². The second-order valence-electron chi connectivity index (χ2n) is 5.01. The van der Waals surface area contributed by atoms with Gasteiger partial charge in [-0.1, -0.05) is 5.92 Å². The van der Waals surface area contributed by atoms with Crippen LogP contribution in [0.25, 0.3) is 0 Å². The molecule has 0 aliphatic carbocycles. The fourth-order valence-corrected chi connectivity index (χ4v) is 3.38. The third kappa shape index (κ3) is 6.78. The molecule has 25 heavy (non-hydrogen) atoms. The first-order valence-electron chi connectivity index (χ1n) is 7.84. The Kier molecular flexibility index (Phi) is 9.14. The number of carbonyl (C=O) groups excluding carboxylic acids is 1. The van der Waals surface area contributed by atoms with Gasteiger partial charge in [-0.2, -0.15) is 0 Å². The van der Waals surface area contributed by atoms with Crippen LogP contribution < -0.4 is 11.1 Å². The molecular weight excluding hydrogens is 351 g/mol. The Bertz CT molecular complexity index is 562. The van der Waals surface area contributed by atoms with Crippen LogP contribution in [-0.2, 0) is 27.9 Å². The number of carbonyl (C=O) groups is 1. The zero-order chi connectivity index (χ0) is 18.9. The number of nitrogens with two attached hydrogens (primary N) is 1. The Morgan fingerprint density at radius 1 is 1.40 bits per heavy atom. The van der Waals surface area contributed by atoms with Crippen molar-refractivity contribution < 1.29 is 33.0 Å². The van der Waals surface area contributed by atoms with Crippen molar-refractivity contribution in [3.63, 3.8) is 0 Å². The lowest BCUT2D eigenvalue weighted by molar-refractivity contribution is -0.113. The summed E-state index contributed by atoms with van der Waals surface area (Å²) in [6, 6.07) is 0. The molecule has 1 amide bonds. The molecule has 1 heterocycles.